The monoisotopic (exact) mass is 223 g/mol. The number of hydrogen-bond acceptors (Lipinski definition) is 2. The summed E-state index contributed by atoms with van der Waals surface area (Å²) >= 11 is 16.6. The van der Waals surface area contributed by atoms with Crippen LogP contribution in [0.25, 0.3) is 0 Å². The van der Waals surface area contributed by atoms with Crippen LogP contribution in [-0.4, -0.2) is 10.2 Å². The molecule has 0 radical (unpaired) electrons. The molecule has 0 atom stereocenters. The van der Waals surface area contributed by atoms with Gasteiger partial charge in [0.25, 0.3) is 5.24 Å². The highest BCUT2D eigenvalue weighted by atomic mass is 35.5. The Hall–Kier alpha value is -0.310. The molecule has 0 aliphatic rings. The first kappa shape index (κ1) is 9.78. The Kier molecular flexibility index (Phi) is 2.94. The molecule has 0 saturated heterocycles. The Morgan fingerprint density at radius 3 is 2.58 bits per heavy atom. The van der Waals surface area contributed by atoms with Crippen LogP contribution in [0.1, 0.15) is 16.1 Å². The van der Waals surface area contributed by atoms with Crippen LogP contribution < -0.4 is 0 Å². The molecule has 0 fully saturated rings. The van der Waals surface area contributed by atoms with Gasteiger partial charge < -0.3 is 0 Å². The van der Waals surface area contributed by atoms with Gasteiger partial charge in [0.2, 0.25) is 0 Å². The van der Waals surface area contributed by atoms with Crippen LogP contribution >= 0.6 is 34.8 Å². The lowest BCUT2D eigenvalue weighted by molar-refractivity contribution is 0.107. The van der Waals surface area contributed by atoms with E-state index in [9.17, 15) is 4.79 Å². The minimum atomic E-state index is -0.681. The number of aromatic nitrogens is 1. The normalized spacial score (nSPS) is 10.0. The summed E-state index contributed by atoms with van der Waals surface area (Å²) in [6.45, 7) is 1.69. The van der Waals surface area contributed by atoms with Crippen LogP contribution in [0.3, 0.4) is 0 Å². The summed E-state index contributed by atoms with van der Waals surface area (Å²) in [6, 6.07) is 0. The van der Waals surface area contributed by atoms with Gasteiger partial charge in [0.1, 0.15) is 5.69 Å². The molecule has 2 nitrogen and oxygen atoms in total. The second-order valence-corrected chi connectivity index (χ2v) is 3.30. The molecule has 1 rings (SSSR count). The number of pyridine rings is 1. The molecule has 0 saturated carbocycles. The number of carbonyl (C=O) groups excluding carboxylic acids is 1. The molecule has 0 N–H and O–H groups in total. The van der Waals surface area contributed by atoms with Crippen molar-refractivity contribution in [3.05, 3.63) is 27.5 Å². The molecule has 1 heterocycles. The summed E-state index contributed by atoms with van der Waals surface area (Å²) in [6.07, 6.45) is 1.35. The van der Waals surface area contributed by atoms with Crippen molar-refractivity contribution in [3.8, 4) is 0 Å². The predicted molar refractivity (Wildman–Crippen MR) is 49.2 cm³/mol. The average Bonchev–Trinajstić information content (AvgIpc) is 2.00. The van der Waals surface area contributed by atoms with Crippen molar-refractivity contribution in [1.29, 1.82) is 0 Å². The van der Waals surface area contributed by atoms with Gasteiger partial charge in [-0.2, -0.15) is 0 Å². The Morgan fingerprint density at radius 1 is 1.50 bits per heavy atom. The molecule has 0 aliphatic carbocycles. The van der Waals surface area contributed by atoms with E-state index < -0.39 is 5.24 Å². The molecular formula is C7H4Cl3NO. The van der Waals surface area contributed by atoms with E-state index >= 15 is 0 Å². The Balaban J connectivity index is 3.36. The van der Waals surface area contributed by atoms with Crippen LogP contribution in [0, 0.1) is 6.92 Å². The number of nitrogens with zero attached hydrogens (tertiary/aromatic N) is 1. The lowest BCUT2D eigenvalue weighted by Crippen LogP contribution is -1.97. The zero-order valence-electron chi connectivity index (χ0n) is 6.07. The van der Waals surface area contributed by atoms with Crippen molar-refractivity contribution in [1.82, 2.24) is 4.98 Å². The average molecular weight is 224 g/mol. The van der Waals surface area contributed by atoms with Gasteiger partial charge in [-0.15, -0.1) is 0 Å². The van der Waals surface area contributed by atoms with E-state index in [4.69, 9.17) is 34.8 Å². The number of hydrogen-bond donors (Lipinski definition) is 0. The maximum Gasteiger partial charge on any atom is 0.272 e. The van der Waals surface area contributed by atoms with Crippen molar-refractivity contribution in [2.75, 3.05) is 0 Å². The third kappa shape index (κ3) is 1.71. The quantitative estimate of drug-likeness (QED) is 0.686. The highest BCUT2D eigenvalue weighted by Crippen LogP contribution is 2.25. The number of halogens is 3. The van der Waals surface area contributed by atoms with Crippen molar-refractivity contribution in [2.24, 2.45) is 0 Å². The summed E-state index contributed by atoms with van der Waals surface area (Å²) in [5.41, 5.74) is 0.651. The van der Waals surface area contributed by atoms with Gasteiger partial charge in [0.15, 0.2) is 0 Å². The van der Waals surface area contributed by atoms with E-state index in [0.29, 0.717) is 10.6 Å². The second-order valence-electron chi connectivity index (χ2n) is 2.17. The molecule has 0 amide bonds. The van der Waals surface area contributed by atoms with Gasteiger partial charge in [0, 0.05) is 6.20 Å². The lowest BCUT2D eigenvalue weighted by atomic mass is 10.2. The van der Waals surface area contributed by atoms with E-state index in [2.05, 4.69) is 4.98 Å². The van der Waals surface area contributed by atoms with E-state index in [0.717, 1.165) is 0 Å². The largest absolute Gasteiger partial charge is 0.274 e. The smallest absolute Gasteiger partial charge is 0.272 e. The lowest BCUT2D eigenvalue weighted by Gasteiger charge is -2.02. The van der Waals surface area contributed by atoms with Gasteiger partial charge in [-0.1, -0.05) is 23.2 Å². The molecule has 0 bridgehead atoms. The highest BCUT2D eigenvalue weighted by molar-refractivity contribution is 6.68. The topological polar surface area (TPSA) is 30.0 Å². The standard InChI is InChI=1S/C7H4Cl3NO/c1-3-4(8)2-11-6(5(3)9)7(10)12/h2H,1H3. The molecule has 0 spiro atoms. The fourth-order valence-corrected chi connectivity index (χ4v) is 1.31. The molecule has 1 aromatic heterocycles. The second kappa shape index (κ2) is 3.60. The minimum absolute atomic E-state index is 0.0419. The Morgan fingerprint density at radius 2 is 2.08 bits per heavy atom. The first-order valence-electron chi connectivity index (χ1n) is 3.04. The molecular weight excluding hydrogens is 220 g/mol. The molecule has 0 aromatic carbocycles. The maximum absolute atomic E-state index is 10.7. The van der Waals surface area contributed by atoms with Gasteiger partial charge in [-0.05, 0) is 24.1 Å². The van der Waals surface area contributed by atoms with Crippen molar-refractivity contribution < 1.29 is 4.79 Å². The molecule has 5 heteroatoms. The Labute approximate surface area is 84.5 Å². The van der Waals surface area contributed by atoms with Crippen LogP contribution in [-0.2, 0) is 0 Å². The first-order valence-corrected chi connectivity index (χ1v) is 4.18. The minimum Gasteiger partial charge on any atom is -0.274 e. The van der Waals surface area contributed by atoms with Crippen molar-refractivity contribution in [2.45, 2.75) is 6.92 Å². The molecule has 0 aliphatic heterocycles. The van der Waals surface area contributed by atoms with Crippen molar-refractivity contribution in [3.63, 3.8) is 0 Å². The summed E-state index contributed by atoms with van der Waals surface area (Å²) in [4.78, 5) is 14.4. The van der Waals surface area contributed by atoms with Crippen LogP contribution in [0.4, 0.5) is 0 Å². The number of rotatable bonds is 1. The maximum atomic E-state index is 10.7. The summed E-state index contributed by atoms with van der Waals surface area (Å²) in [5.74, 6) is 0. The Bertz CT molecular complexity index is 338. The zero-order chi connectivity index (χ0) is 9.30. The molecule has 12 heavy (non-hydrogen) atoms. The molecule has 64 valence electrons. The fraction of sp³-hybridized carbons (Fsp3) is 0.143. The van der Waals surface area contributed by atoms with Gasteiger partial charge in [-0.25, -0.2) is 4.98 Å². The molecule has 1 aromatic rings. The highest BCUT2D eigenvalue weighted by Gasteiger charge is 2.12. The van der Waals surface area contributed by atoms with E-state index in [-0.39, 0.29) is 10.7 Å². The van der Waals surface area contributed by atoms with Crippen LogP contribution in [0.15, 0.2) is 6.20 Å². The predicted octanol–water partition coefficient (Wildman–Crippen LogP) is 3.08. The van der Waals surface area contributed by atoms with E-state index in [1.165, 1.54) is 6.20 Å². The zero-order valence-corrected chi connectivity index (χ0v) is 8.33. The van der Waals surface area contributed by atoms with Gasteiger partial charge >= 0.3 is 0 Å². The first-order chi connectivity index (χ1) is 5.54. The van der Waals surface area contributed by atoms with Crippen LogP contribution in [0.2, 0.25) is 10.0 Å². The van der Waals surface area contributed by atoms with Crippen LogP contribution in [0.5, 0.6) is 0 Å². The number of carbonyl (C=O) groups is 1. The van der Waals surface area contributed by atoms with Gasteiger partial charge in [0.05, 0.1) is 10.0 Å². The van der Waals surface area contributed by atoms with E-state index in [1.807, 2.05) is 0 Å². The third-order valence-electron chi connectivity index (χ3n) is 1.39. The third-order valence-corrected chi connectivity index (χ3v) is 2.41. The van der Waals surface area contributed by atoms with Gasteiger partial charge in [-0.3, -0.25) is 4.79 Å². The molecule has 0 unspecified atom stereocenters. The summed E-state index contributed by atoms with van der Waals surface area (Å²) in [5, 5.41) is -0.0519. The fourth-order valence-electron chi connectivity index (χ4n) is 0.694. The summed E-state index contributed by atoms with van der Waals surface area (Å²) in [7, 11) is 0. The SMILES string of the molecule is Cc1c(Cl)cnc(C(=O)Cl)c1Cl. The summed E-state index contributed by atoms with van der Waals surface area (Å²) < 4.78 is 0. The van der Waals surface area contributed by atoms with E-state index in [1.54, 1.807) is 6.92 Å². The van der Waals surface area contributed by atoms with Crippen molar-refractivity contribution >= 4 is 40.0 Å².